The van der Waals surface area contributed by atoms with E-state index in [1.54, 1.807) is 0 Å². The molecule has 1 aromatic heterocycles. The van der Waals surface area contributed by atoms with Crippen molar-refractivity contribution in [3.63, 3.8) is 0 Å². The Kier molecular flexibility index (Phi) is 4.41. The molecule has 0 saturated carbocycles. The Morgan fingerprint density at radius 1 is 1.45 bits per heavy atom. The summed E-state index contributed by atoms with van der Waals surface area (Å²) < 4.78 is 26.7. The van der Waals surface area contributed by atoms with E-state index in [-0.39, 0.29) is 15.7 Å². The maximum atomic E-state index is 12.2. The van der Waals surface area contributed by atoms with Crippen LogP contribution in [0.2, 0.25) is 0 Å². The first-order valence-electron chi connectivity index (χ1n) is 6.02. The van der Waals surface area contributed by atoms with Gasteiger partial charge in [0.15, 0.2) is 0 Å². The van der Waals surface area contributed by atoms with E-state index in [0.717, 1.165) is 24.2 Å². The predicted molar refractivity (Wildman–Crippen MR) is 72.2 cm³/mol. The van der Waals surface area contributed by atoms with Crippen LogP contribution >= 0.6 is 11.3 Å². The molecule has 1 atom stereocenters. The van der Waals surface area contributed by atoms with Crippen molar-refractivity contribution in [3.8, 4) is 0 Å². The van der Waals surface area contributed by atoms with Crippen LogP contribution in [-0.2, 0) is 14.8 Å². The number of carbonyl (C=O) groups excluding carboxylic acids is 1. The Balaban J connectivity index is 2.24. The van der Waals surface area contributed by atoms with Crippen molar-refractivity contribution in [1.29, 1.82) is 0 Å². The highest BCUT2D eigenvalue weighted by molar-refractivity contribution is 7.89. The van der Waals surface area contributed by atoms with Crippen LogP contribution in [0.3, 0.4) is 0 Å². The van der Waals surface area contributed by atoms with E-state index < -0.39 is 22.0 Å². The number of carbonyl (C=O) groups is 2. The van der Waals surface area contributed by atoms with Crippen molar-refractivity contribution in [1.82, 2.24) is 10.0 Å². The zero-order chi connectivity index (χ0) is 14.8. The van der Waals surface area contributed by atoms with Crippen molar-refractivity contribution >= 4 is 33.2 Å². The Bertz CT molecular complexity index is 623. The minimum Gasteiger partial charge on any atom is -0.477 e. The third-order valence-corrected chi connectivity index (χ3v) is 5.49. The third kappa shape index (κ3) is 3.17. The predicted octanol–water partition coefficient (Wildman–Crippen LogP) is 0.393. The fourth-order valence-electron chi connectivity index (χ4n) is 1.97. The van der Waals surface area contributed by atoms with Crippen molar-refractivity contribution in [3.05, 3.63) is 16.3 Å². The highest BCUT2D eigenvalue weighted by atomic mass is 32.2. The average molecular weight is 318 g/mol. The second-order valence-corrected chi connectivity index (χ2v) is 6.98. The summed E-state index contributed by atoms with van der Waals surface area (Å²) in [5, 5.41) is 13.0. The largest absolute Gasteiger partial charge is 0.477 e. The topological polar surface area (TPSA) is 113 Å². The van der Waals surface area contributed by atoms with Gasteiger partial charge in [-0.3, -0.25) is 4.79 Å². The third-order valence-electron chi connectivity index (χ3n) is 2.95. The molecule has 1 aliphatic rings. The molecule has 1 aliphatic heterocycles. The minimum atomic E-state index is -4.02. The quantitative estimate of drug-likeness (QED) is 0.743. The van der Waals surface area contributed by atoms with Crippen LogP contribution in [0.5, 0.6) is 0 Å². The summed E-state index contributed by atoms with van der Waals surface area (Å²) >= 11 is 0.832. The zero-order valence-electron chi connectivity index (χ0n) is 10.5. The molecule has 1 aromatic rings. The number of sulfonamides is 1. The molecule has 0 aromatic carbocycles. The van der Waals surface area contributed by atoms with Gasteiger partial charge in [0.05, 0.1) is 0 Å². The van der Waals surface area contributed by atoms with E-state index in [1.807, 2.05) is 0 Å². The molecular formula is C11H14N2O5S2. The summed E-state index contributed by atoms with van der Waals surface area (Å²) in [7, 11) is -4.02. The molecule has 0 aliphatic carbocycles. The summed E-state index contributed by atoms with van der Waals surface area (Å²) in [4.78, 5) is 22.2. The number of hydrogen-bond acceptors (Lipinski definition) is 5. The lowest BCUT2D eigenvalue weighted by Gasteiger charge is -2.15. The lowest BCUT2D eigenvalue weighted by Crippen LogP contribution is -2.45. The lowest BCUT2D eigenvalue weighted by molar-refractivity contribution is -0.122. The standard InChI is InChI=1S/C11H14N2O5S2/c14-10-7(3-1-2-5-12-10)13-20(17,18)8-4-6-19-9(8)11(15)16/h4,6-7,13H,1-3,5H2,(H,12,14)(H,15,16). The minimum absolute atomic E-state index is 0.258. The van der Waals surface area contributed by atoms with E-state index in [9.17, 15) is 18.0 Å². The second-order valence-electron chi connectivity index (χ2n) is 4.38. The van der Waals surface area contributed by atoms with Crippen molar-refractivity contribution in [2.45, 2.75) is 30.2 Å². The molecule has 1 unspecified atom stereocenters. The number of thiophene rings is 1. The normalized spacial score (nSPS) is 20.2. The van der Waals surface area contributed by atoms with E-state index in [2.05, 4.69) is 10.0 Å². The van der Waals surface area contributed by atoms with E-state index >= 15 is 0 Å². The van der Waals surface area contributed by atoms with E-state index in [4.69, 9.17) is 5.11 Å². The Morgan fingerprint density at radius 2 is 2.20 bits per heavy atom. The Hall–Kier alpha value is -1.45. The van der Waals surface area contributed by atoms with Gasteiger partial charge in [-0.1, -0.05) is 0 Å². The number of nitrogens with one attached hydrogen (secondary N) is 2. The van der Waals surface area contributed by atoms with Gasteiger partial charge >= 0.3 is 5.97 Å². The lowest BCUT2D eigenvalue weighted by atomic mass is 10.1. The summed E-state index contributed by atoms with van der Waals surface area (Å²) in [5.41, 5.74) is 0. The smallest absolute Gasteiger partial charge is 0.347 e. The molecule has 2 heterocycles. The first-order chi connectivity index (χ1) is 9.42. The molecule has 7 nitrogen and oxygen atoms in total. The molecule has 1 amide bonds. The fraction of sp³-hybridized carbons (Fsp3) is 0.455. The van der Waals surface area contributed by atoms with E-state index in [1.165, 1.54) is 11.4 Å². The molecule has 2 rings (SSSR count). The van der Waals surface area contributed by atoms with Crippen molar-refractivity contribution in [2.75, 3.05) is 6.54 Å². The first kappa shape index (κ1) is 14.9. The van der Waals surface area contributed by atoms with Crippen LogP contribution in [-0.4, -0.2) is 38.0 Å². The average Bonchev–Trinajstić information content (AvgIpc) is 2.79. The summed E-state index contributed by atoms with van der Waals surface area (Å²) in [6.45, 7) is 0.524. The zero-order valence-corrected chi connectivity index (χ0v) is 12.1. The molecule has 110 valence electrons. The van der Waals surface area contributed by atoms with Gasteiger partial charge in [0.25, 0.3) is 0 Å². The van der Waals surface area contributed by atoms with Gasteiger partial charge in [-0.2, -0.15) is 4.72 Å². The van der Waals surface area contributed by atoms with Gasteiger partial charge < -0.3 is 10.4 Å². The van der Waals surface area contributed by atoms with Gasteiger partial charge in [0, 0.05) is 6.54 Å². The number of aromatic carboxylic acids is 1. The maximum Gasteiger partial charge on any atom is 0.347 e. The summed E-state index contributed by atoms with van der Waals surface area (Å²) in [5.74, 6) is -1.68. The van der Waals surface area contributed by atoms with Crippen molar-refractivity contribution in [2.24, 2.45) is 0 Å². The number of rotatable bonds is 4. The number of carboxylic acid groups (broad SMARTS) is 1. The maximum absolute atomic E-state index is 12.2. The van der Waals surface area contributed by atoms with Crippen LogP contribution in [0, 0.1) is 0 Å². The van der Waals surface area contributed by atoms with Gasteiger partial charge in [-0.05, 0) is 30.7 Å². The molecule has 0 bridgehead atoms. The number of amides is 1. The van der Waals surface area contributed by atoms with E-state index in [0.29, 0.717) is 13.0 Å². The Morgan fingerprint density at radius 3 is 2.90 bits per heavy atom. The number of carboxylic acids is 1. The molecule has 20 heavy (non-hydrogen) atoms. The molecule has 0 spiro atoms. The van der Waals surface area contributed by atoms with Crippen LogP contribution in [0.4, 0.5) is 0 Å². The molecule has 1 saturated heterocycles. The molecule has 0 radical (unpaired) electrons. The molecular weight excluding hydrogens is 304 g/mol. The monoisotopic (exact) mass is 318 g/mol. The number of hydrogen-bond donors (Lipinski definition) is 3. The fourth-order valence-corrected chi connectivity index (χ4v) is 4.46. The van der Waals surface area contributed by atoms with Crippen LogP contribution in [0.15, 0.2) is 16.3 Å². The van der Waals surface area contributed by atoms with Crippen LogP contribution in [0.25, 0.3) is 0 Å². The Labute approximate surface area is 120 Å². The van der Waals surface area contributed by atoms with Gasteiger partial charge in [0.2, 0.25) is 15.9 Å². The SMILES string of the molecule is O=C(O)c1sccc1S(=O)(=O)NC1CCCCNC1=O. The van der Waals surface area contributed by atoms with Gasteiger partial charge in [0.1, 0.15) is 15.8 Å². The first-order valence-corrected chi connectivity index (χ1v) is 8.39. The highest BCUT2D eigenvalue weighted by Crippen LogP contribution is 2.22. The summed E-state index contributed by atoms with van der Waals surface area (Å²) in [6, 6.07) is 0.370. The second kappa shape index (κ2) is 5.90. The molecule has 3 N–H and O–H groups in total. The van der Waals surface area contributed by atoms with Gasteiger partial charge in [-0.25, -0.2) is 13.2 Å². The van der Waals surface area contributed by atoms with Crippen LogP contribution in [0.1, 0.15) is 28.9 Å². The van der Waals surface area contributed by atoms with Crippen LogP contribution < -0.4 is 10.0 Å². The highest BCUT2D eigenvalue weighted by Gasteiger charge is 2.30. The molecule has 9 heteroatoms. The summed E-state index contributed by atoms with van der Waals surface area (Å²) in [6.07, 6.45) is 1.92. The molecule has 1 fully saturated rings. The van der Waals surface area contributed by atoms with Gasteiger partial charge in [-0.15, -0.1) is 11.3 Å². The van der Waals surface area contributed by atoms with Crippen molar-refractivity contribution < 1.29 is 23.1 Å².